The van der Waals surface area contributed by atoms with Crippen LogP contribution in [0.25, 0.3) is 0 Å². The van der Waals surface area contributed by atoms with E-state index in [-0.39, 0.29) is 17.2 Å². The third-order valence-corrected chi connectivity index (χ3v) is 4.01. The Balaban J connectivity index is 2.27. The summed E-state index contributed by atoms with van der Waals surface area (Å²) >= 11 is 0. The lowest BCUT2D eigenvalue weighted by Crippen LogP contribution is -2.50. The van der Waals surface area contributed by atoms with Crippen LogP contribution >= 0.6 is 0 Å². The zero-order valence-electron chi connectivity index (χ0n) is 11.8. The summed E-state index contributed by atoms with van der Waals surface area (Å²) in [4.78, 5) is 13.6. The molecule has 1 aliphatic heterocycles. The Morgan fingerprint density at radius 3 is 2.53 bits per heavy atom. The average molecular weight is 256 g/mol. The van der Waals surface area contributed by atoms with Gasteiger partial charge in [0.2, 0.25) is 0 Å². The minimum Gasteiger partial charge on any atom is -0.365 e. The van der Waals surface area contributed by atoms with Crippen LogP contribution in [-0.2, 0) is 0 Å². The van der Waals surface area contributed by atoms with Crippen molar-refractivity contribution in [3.05, 3.63) is 29.8 Å². The lowest BCUT2D eigenvalue weighted by atomic mass is 9.85. The number of nitriles is 1. The van der Waals surface area contributed by atoms with Gasteiger partial charge in [0, 0.05) is 23.3 Å². The van der Waals surface area contributed by atoms with Crippen LogP contribution in [0.2, 0.25) is 0 Å². The van der Waals surface area contributed by atoms with Crippen molar-refractivity contribution in [3.63, 3.8) is 0 Å². The van der Waals surface area contributed by atoms with Crippen molar-refractivity contribution >= 4 is 11.5 Å². The van der Waals surface area contributed by atoms with Crippen LogP contribution in [0.3, 0.4) is 0 Å². The van der Waals surface area contributed by atoms with E-state index in [4.69, 9.17) is 5.26 Å². The maximum Gasteiger partial charge on any atom is 0.159 e. The minimum atomic E-state index is 0.0606. The topological polar surface area (TPSA) is 44.1 Å². The van der Waals surface area contributed by atoms with E-state index < -0.39 is 0 Å². The zero-order valence-corrected chi connectivity index (χ0v) is 11.8. The van der Waals surface area contributed by atoms with Crippen molar-refractivity contribution in [2.75, 3.05) is 11.4 Å². The maximum atomic E-state index is 11.3. The molecule has 0 spiro atoms. The maximum absolute atomic E-state index is 11.3. The Bertz CT molecular complexity index is 511. The Morgan fingerprint density at radius 2 is 2.00 bits per heavy atom. The molecule has 3 heteroatoms. The first-order chi connectivity index (χ1) is 8.94. The van der Waals surface area contributed by atoms with Crippen molar-refractivity contribution in [1.82, 2.24) is 0 Å². The van der Waals surface area contributed by atoms with Crippen LogP contribution in [0.1, 0.15) is 44.0 Å². The number of hydrogen-bond acceptors (Lipinski definition) is 3. The highest BCUT2D eigenvalue weighted by molar-refractivity contribution is 5.94. The summed E-state index contributed by atoms with van der Waals surface area (Å²) in [5.74, 6) is 0.180. The van der Waals surface area contributed by atoms with Crippen LogP contribution in [0.4, 0.5) is 5.69 Å². The molecule has 1 aromatic rings. The summed E-state index contributed by atoms with van der Waals surface area (Å²) in [6, 6.07) is 10.1. The smallest absolute Gasteiger partial charge is 0.159 e. The van der Waals surface area contributed by atoms with E-state index in [0.717, 1.165) is 30.6 Å². The zero-order chi connectivity index (χ0) is 14.0. The summed E-state index contributed by atoms with van der Waals surface area (Å²) in [6.07, 6.45) is 1.98. The molecule has 0 N–H and O–H groups in total. The summed E-state index contributed by atoms with van der Waals surface area (Å²) in [5.41, 5.74) is 1.89. The molecule has 100 valence electrons. The molecule has 19 heavy (non-hydrogen) atoms. The Morgan fingerprint density at radius 1 is 1.37 bits per heavy atom. The fourth-order valence-corrected chi connectivity index (χ4v) is 2.66. The van der Waals surface area contributed by atoms with Gasteiger partial charge in [0.05, 0.1) is 12.0 Å². The normalized spacial score (nSPS) is 21.8. The molecule has 1 fully saturated rings. The van der Waals surface area contributed by atoms with Crippen LogP contribution in [-0.4, -0.2) is 17.9 Å². The molecule has 1 atom stereocenters. The van der Waals surface area contributed by atoms with E-state index in [0.29, 0.717) is 0 Å². The van der Waals surface area contributed by atoms with E-state index >= 15 is 0 Å². The molecule has 0 amide bonds. The second-order valence-electron chi connectivity index (χ2n) is 5.89. The standard InChI is InChI=1S/C16H20N2O/c1-12(19)14-4-6-15(7-5-14)18-11-13(10-17)8-9-16(18,2)3/h4-7,13H,8-9,11H2,1-3H3. The highest BCUT2D eigenvalue weighted by atomic mass is 16.1. The number of nitrogens with zero attached hydrogens (tertiary/aromatic N) is 2. The van der Waals surface area contributed by atoms with Crippen LogP contribution in [0.5, 0.6) is 0 Å². The molecular formula is C16H20N2O. The molecule has 1 aliphatic rings. The van der Waals surface area contributed by atoms with Gasteiger partial charge in [-0.2, -0.15) is 5.26 Å². The fraction of sp³-hybridized carbons (Fsp3) is 0.500. The Labute approximate surface area is 114 Å². The first-order valence-corrected chi connectivity index (χ1v) is 6.72. The van der Waals surface area contributed by atoms with Gasteiger partial charge in [0.15, 0.2) is 5.78 Å². The first kappa shape index (κ1) is 13.6. The van der Waals surface area contributed by atoms with Gasteiger partial charge in [-0.05, 0) is 57.9 Å². The van der Waals surface area contributed by atoms with Crippen molar-refractivity contribution < 1.29 is 4.79 Å². The van der Waals surface area contributed by atoms with Crippen molar-refractivity contribution in [3.8, 4) is 6.07 Å². The molecule has 1 unspecified atom stereocenters. The third-order valence-electron chi connectivity index (χ3n) is 4.01. The number of carbonyl (C=O) groups excluding carboxylic acids is 1. The quantitative estimate of drug-likeness (QED) is 0.762. The first-order valence-electron chi connectivity index (χ1n) is 6.72. The van der Waals surface area contributed by atoms with Crippen LogP contribution in [0.15, 0.2) is 24.3 Å². The van der Waals surface area contributed by atoms with Gasteiger partial charge in [0.25, 0.3) is 0 Å². The second kappa shape index (κ2) is 5.05. The Kier molecular flexibility index (Phi) is 3.61. The highest BCUT2D eigenvalue weighted by Gasteiger charge is 2.34. The highest BCUT2D eigenvalue weighted by Crippen LogP contribution is 2.34. The second-order valence-corrected chi connectivity index (χ2v) is 5.89. The van der Waals surface area contributed by atoms with Gasteiger partial charge < -0.3 is 4.90 Å². The lowest BCUT2D eigenvalue weighted by molar-refractivity contribution is 0.101. The molecule has 0 bridgehead atoms. The predicted molar refractivity (Wildman–Crippen MR) is 76.2 cm³/mol. The number of Topliss-reactive ketones (excluding diaryl/α,β-unsaturated/α-hetero) is 1. The summed E-state index contributed by atoms with van der Waals surface area (Å²) in [5, 5.41) is 9.12. The van der Waals surface area contributed by atoms with Gasteiger partial charge in [-0.1, -0.05) is 0 Å². The average Bonchev–Trinajstić information content (AvgIpc) is 2.39. The number of rotatable bonds is 2. The van der Waals surface area contributed by atoms with Crippen LogP contribution < -0.4 is 4.90 Å². The van der Waals surface area contributed by atoms with Crippen molar-refractivity contribution in [2.24, 2.45) is 5.92 Å². The molecule has 1 heterocycles. The molecule has 3 nitrogen and oxygen atoms in total. The van der Waals surface area contributed by atoms with Gasteiger partial charge in [0.1, 0.15) is 0 Å². The van der Waals surface area contributed by atoms with E-state index in [1.807, 2.05) is 24.3 Å². The van der Waals surface area contributed by atoms with Gasteiger partial charge in [-0.25, -0.2) is 0 Å². The monoisotopic (exact) mass is 256 g/mol. The number of ketones is 1. The number of carbonyl (C=O) groups is 1. The van der Waals surface area contributed by atoms with Gasteiger partial charge >= 0.3 is 0 Å². The van der Waals surface area contributed by atoms with Crippen molar-refractivity contribution in [2.45, 2.75) is 39.2 Å². The minimum absolute atomic E-state index is 0.0606. The summed E-state index contributed by atoms with van der Waals surface area (Å²) < 4.78 is 0. The number of piperidine rings is 1. The fourth-order valence-electron chi connectivity index (χ4n) is 2.66. The molecule has 2 rings (SSSR count). The van der Waals surface area contributed by atoms with Gasteiger partial charge in [-0.3, -0.25) is 4.79 Å². The SMILES string of the molecule is CC(=O)c1ccc(N2CC(C#N)CCC2(C)C)cc1. The number of benzene rings is 1. The molecular weight excluding hydrogens is 236 g/mol. The number of hydrogen-bond donors (Lipinski definition) is 0. The summed E-state index contributed by atoms with van der Waals surface area (Å²) in [6.45, 7) is 6.76. The van der Waals surface area contributed by atoms with Gasteiger partial charge in [-0.15, -0.1) is 0 Å². The number of anilines is 1. The predicted octanol–water partition coefficient (Wildman–Crippen LogP) is 3.41. The van der Waals surface area contributed by atoms with Crippen LogP contribution in [0, 0.1) is 17.2 Å². The van der Waals surface area contributed by atoms with E-state index in [1.165, 1.54) is 0 Å². The van der Waals surface area contributed by atoms with E-state index in [1.54, 1.807) is 6.92 Å². The Hall–Kier alpha value is -1.82. The largest absolute Gasteiger partial charge is 0.365 e. The molecule has 0 saturated carbocycles. The van der Waals surface area contributed by atoms with E-state index in [2.05, 4.69) is 24.8 Å². The molecule has 0 radical (unpaired) electrons. The molecule has 0 aromatic heterocycles. The third kappa shape index (κ3) is 2.78. The molecule has 1 saturated heterocycles. The lowest BCUT2D eigenvalue weighted by Gasteiger charge is -2.45. The molecule has 0 aliphatic carbocycles. The molecule has 1 aromatic carbocycles. The summed E-state index contributed by atoms with van der Waals surface area (Å²) in [7, 11) is 0. The van der Waals surface area contributed by atoms with E-state index in [9.17, 15) is 4.79 Å². The van der Waals surface area contributed by atoms with Crippen molar-refractivity contribution in [1.29, 1.82) is 5.26 Å².